The molecule has 0 bridgehead atoms. The minimum Gasteiger partial charge on any atom is -0.497 e. The Balaban J connectivity index is 1.50. The largest absolute Gasteiger partial charge is 0.497 e. The first-order valence-corrected chi connectivity index (χ1v) is 12.8. The Labute approximate surface area is 211 Å². The highest BCUT2D eigenvalue weighted by atomic mass is 19.1. The van der Waals surface area contributed by atoms with E-state index in [1.807, 2.05) is 31.2 Å². The highest BCUT2D eigenvalue weighted by molar-refractivity contribution is 6.04. The number of benzene rings is 2. The van der Waals surface area contributed by atoms with Gasteiger partial charge in [0.05, 0.1) is 12.7 Å². The summed E-state index contributed by atoms with van der Waals surface area (Å²) in [6, 6.07) is 13.9. The number of carbonyl (C=O) groups is 2. The van der Waals surface area contributed by atoms with Gasteiger partial charge in [0, 0.05) is 29.3 Å². The van der Waals surface area contributed by atoms with E-state index in [4.69, 9.17) is 9.47 Å². The smallest absolute Gasteiger partial charge is 0.337 e. The van der Waals surface area contributed by atoms with Crippen molar-refractivity contribution in [1.29, 1.82) is 0 Å². The number of ether oxygens (including phenoxy) is 2. The summed E-state index contributed by atoms with van der Waals surface area (Å²) in [5.41, 5.74) is 4.34. The first-order chi connectivity index (χ1) is 17.4. The predicted octanol–water partition coefficient (Wildman–Crippen LogP) is 6.07. The molecule has 1 heterocycles. The van der Waals surface area contributed by atoms with Gasteiger partial charge in [0.25, 0.3) is 0 Å². The average Bonchev–Trinajstić information content (AvgIpc) is 2.89. The van der Waals surface area contributed by atoms with Crippen LogP contribution in [-0.2, 0) is 14.3 Å². The lowest BCUT2D eigenvalue weighted by Crippen LogP contribution is -2.37. The fourth-order valence-electron chi connectivity index (χ4n) is 5.81. The van der Waals surface area contributed by atoms with Gasteiger partial charge in [-0.2, -0.15) is 0 Å². The Morgan fingerprint density at radius 2 is 1.61 bits per heavy atom. The highest BCUT2D eigenvalue weighted by Crippen LogP contribution is 2.46. The number of methoxy groups -OCH3 is 1. The molecule has 0 saturated heterocycles. The standard InChI is InChI=1S/C30H32FNO4/c1-18-27(30(34)36-24-6-4-3-5-7-24)28(20-8-12-22(31)13-9-20)29-25(32-18)16-21(17-26(29)33)19-10-14-23(35-2)15-11-19/h8-15,21,24,28,32H,3-7,16-17H2,1-2H3/t21-,28-/m1/s1. The summed E-state index contributed by atoms with van der Waals surface area (Å²) in [7, 11) is 1.63. The summed E-state index contributed by atoms with van der Waals surface area (Å²) in [5, 5.41) is 3.39. The molecular weight excluding hydrogens is 457 g/mol. The molecule has 2 aliphatic carbocycles. The van der Waals surface area contributed by atoms with Crippen molar-refractivity contribution in [2.24, 2.45) is 0 Å². The van der Waals surface area contributed by atoms with Crippen LogP contribution in [-0.4, -0.2) is 25.0 Å². The van der Waals surface area contributed by atoms with E-state index in [9.17, 15) is 14.0 Å². The molecule has 5 nitrogen and oxygen atoms in total. The van der Waals surface area contributed by atoms with Crippen molar-refractivity contribution in [2.45, 2.75) is 69.8 Å². The number of halogens is 1. The maximum atomic E-state index is 13.8. The van der Waals surface area contributed by atoms with Gasteiger partial charge >= 0.3 is 5.97 Å². The minimum atomic E-state index is -0.581. The van der Waals surface area contributed by atoms with E-state index in [-0.39, 0.29) is 23.6 Å². The molecule has 1 fully saturated rings. The van der Waals surface area contributed by atoms with Gasteiger partial charge in [-0.3, -0.25) is 4.79 Å². The number of hydrogen-bond donors (Lipinski definition) is 1. The van der Waals surface area contributed by atoms with E-state index < -0.39 is 11.9 Å². The molecule has 1 N–H and O–H groups in total. The Morgan fingerprint density at radius 1 is 0.944 bits per heavy atom. The van der Waals surface area contributed by atoms with Gasteiger partial charge in [0.1, 0.15) is 17.7 Å². The lowest BCUT2D eigenvalue weighted by molar-refractivity contribution is -0.146. The third-order valence-electron chi connectivity index (χ3n) is 7.66. The molecule has 1 aliphatic heterocycles. The van der Waals surface area contributed by atoms with Crippen molar-refractivity contribution < 1.29 is 23.5 Å². The maximum Gasteiger partial charge on any atom is 0.337 e. The Morgan fingerprint density at radius 3 is 2.28 bits per heavy atom. The summed E-state index contributed by atoms with van der Waals surface area (Å²) in [6.07, 6.45) is 5.88. The van der Waals surface area contributed by atoms with Crippen LogP contribution in [0.2, 0.25) is 0 Å². The first-order valence-electron chi connectivity index (χ1n) is 12.8. The number of allylic oxidation sites excluding steroid dienone is 3. The van der Waals surface area contributed by atoms with Crippen LogP contribution >= 0.6 is 0 Å². The number of carbonyl (C=O) groups excluding carboxylic acids is 2. The molecule has 3 aliphatic rings. The van der Waals surface area contributed by atoms with E-state index in [1.54, 1.807) is 19.2 Å². The van der Waals surface area contributed by atoms with Gasteiger partial charge in [-0.15, -0.1) is 0 Å². The van der Waals surface area contributed by atoms with Crippen molar-refractivity contribution in [3.8, 4) is 5.75 Å². The molecule has 0 aromatic heterocycles. The number of dihydropyridines is 1. The SMILES string of the molecule is COc1ccc([C@H]2CC(=O)C3=C(C2)NC(C)=C(C(=O)OC2CCCCC2)[C@H]3c2ccc(F)cc2)cc1. The predicted molar refractivity (Wildman–Crippen MR) is 135 cm³/mol. The van der Waals surface area contributed by atoms with Gasteiger partial charge in [0.2, 0.25) is 0 Å². The number of rotatable bonds is 5. The van der Waals surface area contributed by atoms with Crippen LogP contribution in [0.4, 0.5) is 4.39 Å². The van der Waals surface area contributed by atoms with Crippen LogP contribution in [0.25, 0.3) is 0 Å². The number of ketones is 1. The molecule has 2 atom stereocenters. The minimum absolute atomic E-state index is 0.00522. The van der Waals surface area contributed by atoms with Crippen LogP contribution in [0.15, 0.2) is 71.1 Å². The second-order valence-corrected chi connectivity index (χ2v) is 10.0. The van der Waals surface area contributed by atoms with Gasteiger partial charge < -0.3 is 14.8 Å². The second kappa shape index (κ2) is 10.3. The number of hydrogen-bond acceptors (Lipinski definition) is 5. The highest BCUT2D eigenvalue weighted by Gasteiger charge is 2.42. The number of Topliss-reactive ketones (excluding diaryl/α,β-unsaturated/α-hetero) is 1. The van der Waals surface area contributed by atoms with E-state index in [1.165, 1.54) is 12.1 Å². The Kier molecular flexibility index (Phi) is 6.95. The van der Waals surface area contributed by atoms with Crippen molar-refractivity contribution in [2.75, 3.05) is 7.11 Å². The number of nitrogens with one attached hydrogen (secondary N) is 1. The molecule has 0 spiro atoms. The molecule has 5 rings (SSSR count). The van der Waals surface area contributed by atoms with Crippen LogP contribution in [0.1, 0.15) is 74.8 Å². The quantitative estimate of drug-likeness (QED) is 0.517. The Bertz CT molecular complexity index is 1210. The van der Waals surface area contributed by atoms with Crippen LogP contribution in [0.3, 0.4) is 0 Å². The molecule has 6 heteroatoms. The lowest BCUT2D eigenvalue weighted by Gasteiger charge is -2.37. The lowest BCUT2D eigenvalue weighted by atomic mass is 9.71. The summed E-state index contributed by atoms with van der Waals surface area (Å²) in [5.74, 6) is -0.544. The fraction of sp³-hybridized carbons (Fsp3) is 0.400. The Hall–Kier alpha value is -3.41. The van der Waals surface area contributed by atoms with Crippen molar-refractivity contribution in [1.82, 2.24) is 5.32 Å². The third-order valence-corrected chi connectivity index (χ3v) is 7.66. The van der Waals surface area contributed by atoms with Gasteiger partial charge in [-0.05, 0) is 80.3 Å². The summed E-state index contributed by atoms with van der Waals surface area (Å²) >= 11 is 0. The zero-order valence-corrected chi connectivity index (χ0v) is 20.8. The van der Waals surface area contributed by atoms with Crippen LogP contribution in [0.5, 0.6) is 5.75 Å². The fourth-order valence-corrected chi connectivity index (χ4v) is 5.81. The number of esters is 1. The second-order valence-electron chi connectivity index (χ2n) is 10.0. The molecule has 0 amide bonds. The maximum absolute atomic E-state index is 13.8. The van der Waals surface area contributed by atoms with E-state index in [0.29, 0.717) is 29.7 Å². The van der Waals surface area contributed by atoms with Gasteiger partial charge in [0.15, 0.2) is 5.78 Å². The van der Waals surface area contributed by atoms with Crippen LogP contribution in [0, 0.1) is 5.82 Å². The molecular formula is C30H32FNO4. The topological polar surface area (TPSA) is 64.6 Å². The average molecular weight is 490 g/mol. The summed E-state index contributed by atoms with van der Waals surface area (Å²) < 4.78 is 25.0. The zero-order chi connectivity index (χ0) is 25.2. The first kappa shape index (κ1) is 24.3. The van der Waals surface area contributed by atoms with Crippen molar-refractivity contribution in [3.05, 3.63) is 88.0 Å². The van der Waals surface area contributed by atoms with Crippen molar-refractivity contribution >= 4 is 11.8 Å². The summed E-state index contributed by atoms with van der Waals surface area (Å²) in [4.78, 5) is 27.2. The zero-order valence-electron chi connectivity index (χ0n) is 20.8. The molecule has 188 valence electrons. The molecule has 0 radical (unpaired) electrons. The van der Waals surface area contributed by atoms with E-state index >= 15 is 0 Å². The molecule has 1 saturated carbocycles. The van der Waals surface area contributed by atoms with Crippen LogP contribution < -0.4 is 10.1 Å². The van der Waals surface area contributed by atoms with Crippen molar-refractivity contribution in [3.63, 3.8) is 0 Å². The monoisotopic (exact) mass is 489 g/mol. The molecule has 0 unspecified atom stereocenters. The molecule has 2 aromatic rings. The van der Waals surface area contributed by atoms with E-state index in [0.717, 1.165) is 54.7 Å². The molecule has 2 aromatic carbocycles. The third kappa shape index (κ3) is 4.81. The van der Waals surface area contributed by atoms with Gasteiger partial charge in [-0.25, -0.2) is 9.18 Å². The van der Waals surface area contributed by atoms with E-state index in [2.05, 4.69) is 5.32 Å². The summed E-state index contributed by atoms with van der Waals surface area (Å²) in [6.45, 7) is 1.86. The normalized spacial score (nSPS) is 22.7. The van der Waals surface area contributed by atoms with Gasteiger partial charge in [-0.1, -0.05) is 30.7 Å². The molecule has 36 heavy (non-hydrogen) atoms.